The lowest BCUT2D eigenvalue weighted by molar-refractivity contribution is 0.401. The number of aromatic hydroxyl groups is 1. The summed E-state index contributed by atoms with van der Waals surface area (Å²) in [7, 11) is 0. The fraction of sp³-hybridized carbons (Fsp3) is 0.111. The molecule has 1 N–H and O–H groups in total. The molecule has 0 spiro atoms. The maximum atomic E-state index is 10.2. The summed E-state index contributed by atoms with van der Waals surface area (Å²) in [5.41, 5.74) is 3.88. The van der Waals surface area contributed by atoms with Gasteiger partial charge >= 0.3 is 0 Å². The topological polar surface area (TPSA) is 69.4 Å². The van der Waals surface area contributed by atoms with Crippen LogP contribution >= 0.6 is 0 Å². The fourth-order valence-corrected chi connectivity index (χ4v) is 2.70. The lowest BCUT2D eigenvalue weighted by atomic mass is 9.96. The number of ether oxygens (including phenoxy) is 1. The number of benzene rings is 2. The SMILES string of the molecule is N#Cc1cc(-c2ccc(C3CO3)c(O)c2)c2cccnc2c1. The molecule has 1 aromatic heterocycles. The van der Waals surface area contributed by atoms with E-state index in [0.29, 0.717) is 12.2 Å². The van der Waals surface area contributed by atoms with Crippen LogP contribution in [0.25, 0.3) is 22.0 Å². The fourth-order valence-electron chi connectivity index (χ4n) is 2.70. The van der Waals surface area contributed by atoms with Crippen LogP contribution in [0.2, 0.25) is 0 Å². The van der Waals surface area contributed by atoms with Gasteiger partial charge in [0.05, 0.1) is 23.8 Å². The zero-order chi connectivity index (χ0) is 15.1. The molecular weight excluding hydrogens is 276 g/mol. The van der Waals surface area contributed by atoms with E-state index in [2.05, 4.69) is 11.1 Å². The quantitative estimate of drug-likeness (QED) is 0.732. The number of pyridine rings is 1. The first kappa shape index (κ1) is 12.8. The highest BCUT2D eigenvalue weighted by molar-refractivity contribution is 5.95. The summed E-state index contributed by atoms with van der Waals surface area (Å²) in [6.45, 7) is 0.656. The van der Waals surface area contributed by atoms with Crippen LogP contribution in [0.15, 0.2) is 48.7 Å². The summed E-state index contributed by atoms with van der Waals surface area (Å²) in [5.74, 6) is 0.222. The highest BCUT2D eigenvalue weighted by atomic mass is 16.6. The van der Waals surface area contributed by atoms with Gasteiger partial charge in [-0.15, -0.1) is 0 Å². The van der Waals surface area contributed by atoms with Crippen molar-refractivity contribution in [3.8, 4) is 22.9 Å². The molecule has 106 valence electrons. The summed E-state index contributed by atoms with van der Waals surface area (Å²) in [4.78, 5) is 4.32. The lowest BCUT2D eigenvalue weighted by Gasteiger charge is -2.09. The molecule has 1 aliphatic heterocycles. The first-order valence-electron chi connectivity index (χ1n) is 7.00. The average molecular weight is 288 g/mol. The van der Waals surface area contributed by atoms with Gasteiger partial charge in [-0.3, -0.25) is 4.98 Å². The maximum Gasteiger partial charge on any atom is 0.122 e. The number of hydrogen-bond acceptors (Lipinski definition) is 4. The van der Waals surface area contributed by atoms with E-state index in [9.17, 15) is 10.4 Å². The van der Waals surface area contributed by atoms with Gasteiger partial charge in [0.15, 0.2) is 0 Å². The van der Waals surface area contributed by atoms with E-state index < -0.39 is 0 Å². The lowest BCUT2D eigenvalue weighted by Crippen LogP contribution is -1.88. The number of aromatic nitrogens is 1. The molecule has 2 heterocycles. The highest BCUT2D eigenvalue weighted by Gasteiger charge is 2.27. The number of nitriles is 1. The molecule has 4 rings (SSSR count). The Labute approximate surface area is 127 Å². The van der Waals surface area contributed by atoms with Gasteiger partial charge in [0.1, 0.15) is 11.9 Å². The van der Waals surface area contributed by atoms with Gasteiger partial charge in [-0.25, -0.2) is 0 Å². The highest BCUT2D eigenvalue weighted by Crippen LogP contribution is 2.39. The molecule has 0 amide bonds. The summed E-state index contributed by atoms with van der Waals surface area (Å²) in [5, 5.41) is 20.4. The maximum absolute atomic E-state index is 10.2. The molecule has 2 aromatic carbocycles. The minimum atomic E-state index is 0.0119. The molecule has 0 aliphatic carbocycles. The van der Waals surface area contributed by atoms with Gasteiger partial charge in [0.25, 0.3) is 0 Å². The van der Waals surface area contributed by atoms with Crippen molar-refractivity contribution < 1.29 is 9.84 Å². The Morgan fingerprint density at radius 3 is 2.82 bits per heavy atom. The Kier molecular flexibility index (Phi) is 2.81. The number of phenols is 1. The van der Waals surface area contributed by atoms with Crippen molar-refractivity contribution in [3.05, 3.63) is 59.8 Å². The second-order valence-electron chi connectivity index (χ2n) is 5.30. The summed E-state index contributed by atoms with van der Waals surface area (Å²) >= 11 is 0. The molecule has 0 bridgehead atoms. The molecule has 4 heteroatoms. The third-order valence-electron chi connectivity index (χ3n) is 3.87. The van der Waals surface area contributed by atoms with Crippen molar-refractivity contribution in [2.45, 2.75) is 6.10 Å². The molecule has 22 heavy (non-hydrogen) atoms. The molecule has 0 radical (unpaired) electrons. The Bertz CT molecular complexity index is 924. The molecule has 1 unspecified atom stereocenters. The predicted octanol–water partition coefficient (Wildman–Crippen LogP) is 3.55. The molecule has 1 atom stereocenters. The first-order valence-corrected chi connectivity index (χ1v) is 7.00. The Balaban J connectivity index is 1.93. The van der Waals surface area contributed by atoms with Crippen LogP contribution in [0, 0.1) is 11.3 Å². The molecule has 1 aliphatic rings. The summed E-state index contributed by atoms with van der Waals surface area (Å²) < 4.78 is 5.21. The monoisotopic (exact) mass is 288 g/mol. The number of fused-ring (bicyclic) bond motifs is 1. The van der Waals surface area contributed by atoms with E-state index in [0.717, 1.165) is 27.6 Å². The van der Waals surface area contributed by atoms with Crippen molar-refractivity contribution in [1.82, 2.24) is 4.98 Å². The van der Waals surface area contributed by atoms with E-state index in [1.807, 2.05) is 30.3 Å². The summed E-state index contributed by atoms with van der Waals surface area (Å²) in [6.07, 6.45) is 1.72. The van der Waals surface area contributed by atoms with Gasteiger partial charge in [0, 0.05) is 17.1 Å². The summed E-state index contributed by atoms with van der Waals surface area (Å²) in [6, 6.07) is 15.1. The Hall–Kier alpha value is -2.90. The van der Waals surface area contributed by atoms with Crippen molar-refractivity contribution >= 4 is 10.9 Å². The molecular formula is C18H12N2O2. The van der Waals surface area contributed by atoms with Crippen LogP contribution in [-0.2, 0) is 4.74 Å². The number of hydrogen-bond donors (Lipinski definition) is 1. The van der Waals surface area contributed by atoms with E-state index in [-0.39, 0.29) is 11.9 Å². The number of rotatable bonds is 2. The van der Waals surface area contributed by atoms with E-state index in [1.165, 1.54) is 0 Å². The molecule has 1 fully saturated rings. The van der Waals surface area contributed by atoms with Gasteiger partial charge in [-0.2, -0.15) is 5.26 Å². The van der Waals surface area contributed by atoms with Gasteiger partial charge < -0.3 is 9.84 Å². The Morgan fingerprint density at radius 1 is 1.23 bits per heavy atom. The zero-order valence-electron chi connectivity index (χ0n) is 11.7. The van der Waals surface area contributed by atoms with Crippen LogP contribution in [0.3, 0.4) is 0 Å². The largest absolute Gasteiger partial charge is 0.508 e. The van der Waals surface area contributed by atoms with Crippen molar-refractivity contribution in [3.63, 3.8) is 0 Å². The zero-order valence-corrected chi connectivity index (χ0v) is 11.7. The Morgan fingerprint density at radius 2 is 2.09 bits per heavy atom. The van der Waals surface area contributed by atoms with Crippen LogP contribution < -0.4 is 0 Å². The van der Waals surface area contributed by atoms with Crippen molar-refractivity contribution in [2.75, 3.05) is 6.61 Å². The van der Waals surface area contributed by atoms with Gasteiger partial charge in [-0.05, 0) is 35.4 Å². The van der Waals surface area contributed by atoms with Crippen molar-refractivity contribution in [2.24, 2.45) is 0 Å². The van der Waals surface area contributed by atoms with E-state index >= 15 is 0 Å². The second kappa shape index (κ2) is 4.83. The minimum Gasteiger partial charge on any atom is -0.508 e. The van der Waals surface area contributed by atoms with Crippen molar-refractivity contribution in [1.29, 1.82) is 5.26 Å². The number of phenolic OH excluding ortho intramolecular Hbond substituents is 1. The standard InChI is InChI=1S/C18H12N2O2/c19-9-11-6-15(13-2-1-5-20-16(13)7-11)12-3-4-14(17(21)8-12)18-10-22-18/h1-8,18,21H,10H2. The van der Waals surface area contributed by atoms with Crippen LogP contribution in [0.4, 0.5) is 0 Å². The predicted molar refractivity (Wildman–Crippen MR) is 82.3 cm³/mol. The average Bonchev–Trinajstić information content (AvgIpc) is 3.38. The first-order chi connectivity index (χ1) is 10.8. The molecule has 4 nitrogen and oxygen atoms in total. The van der Waals surface area contributed by atoms with E-state index in [4.69, 9.17) is 4.74 Å². The van der Waals surface area contributed by atoms with E-state index in [1.54, 1.807) is 18.3 Å². The van der Waals surface area contributed by atoms with Gasteiger partial charge in [-0.1, -0.05) is 18.2 Å². The van der Waals surface area contributed by atoms with Crippen LogP contribution in [0.5, 0.6) is 5.75 Å². The normalized spacial score (nSPS) is 16.4. The third-order valence-corrected chi connectivity index (χ3v) is 3.87. The van der Waals surface area contributed by atoms with Gasteiger partial charge in [0.2, 0.25) is 0 Å². The van der Waals surface area contributed by atoms with Crippen LogP contribution in [0.1, 0.15) is 17.2 Å². The van der Waals surface area contributed by atoms with Crippen LogP contribution in [-0.4, -0.2) is 16.7 Å². The number of nitrogens with zero attached hydrogens (tertiary/aromatic N) is 2. The molecule has 3 aromatic rings. The molecule has 1 saturated heterocycles. The second-order valence-corrected chi connectivity index (χ2v) is 5.30. The smallest absolute Gasteiger partial charge is 0.122 e. The third kappa shape index (κ3) is 2.09. The molecule has 0 saturated carbocycles. The minimum absolute atomic E-state index is 0.0119. The number of epoxide rings is 1.